The van der Waals surface area contributed by atoms with Gasteiger partial charge < -0.3 is 9.13 Å². The number of hydrogen-bond acceptors (Lipinski definition) is 1. The van der Waals surface area contributed by atoms with Crippen molar-refractivity contribution in [3.63, 3.8) is 0 Å². The summed E-state index contributed by atoms with van der Waals surface area (Å²) < 4.78 is 254. The number of fused-ring (bicyclic) bond motifs is 10. The molecule has 0 saturated carbocycles. The quantitative estimate of drug-likeness (QED) is 0.117. The van der Waals surface area contributed by atoms with E-state index >= 15 is 0 Å². The second-order valence-electron chi connectivity index (χ2n) is 13.2. The highest BCUT2D eigenvalue weighted by Gasteiger charge is 2.41. The van der Waals surface area contributed by atoms with Crippen molar-refractivity contribution in [3.8, 4) is 11.4 Å². The van der Waals surface area contributed by atoms with E-state index in [4.69, 9.17) is 20.6 Å². The molecule has 272 valence electrons. The lowest BCUT2D eigenvalue weighted by Gasteiger charge is -2.34. The first-order valence-corrected chi connectivity index (χ1v) is 20.5. The van der Waals surface area contributed by atoms with Crippen molar-refractivity contribution in [2.45, 2.75) is 0 Å². The molecule has 3 aromatic heterocycles. The van der Waals surface area contributed by atoms with Gasteiger partial charge >= 0.3 is 0 Å². The molecule has 0 saturated heterocycles. The highest BCUT2D eigenvalue weighted by molar-refractivity contribution is 7.26. The Balaban J connectivity index is 1.38. The van der Waals surface area contributed by atoms with Crippen LogP contribution >= 0.6 is 11.3 Å². The summed E-state index contributed by atoms with van der Waals surface area (Å²) in [7, 11) is -6.28. The van der Waals surface area contributed by atoms with Gasteiger partial charge in [0, 0.05) is 42.7 Å². The third-order valence-electron chi connectivity index (χ3n) is 10.4. The normalized spacial score (nSPS) is 18.7. The predicted octanol–water partition coefficient (Wildman–Crippen LogP) is 11.6. The molecule has 0 atom stereocenters. The van der Waals surface area contributed by atoms with Crippen LogP contribution in [0.1, 0.15) is 37.0 Å². The van der Waals surface area contributed by atoms with Crippen LogP contribution in [-0.4, -0.2) is 17.2 Å². The van der Waals surface area contributed by atoms with E-state index in [1.807, 2.05) is 0 Å². The zero-order chi connectivity index (χ0) is 61.7. The van der Waals surface area contributed by atoms with E-state index in [-0.39, 0.29) is 49.3 Å². The van der Waals surface area contributed by atoms with Gasteiger partial charge in [0.2, 0.25) is 0 Å². The minimum atomic E-state index is -6.28. The van der Waals surface area contributed by atoms with Crippen LogP contribution in [0.5, 0.6) is 0 Å². The van der Waals surface area contributed by atoms with Crippen LogP contribution in [0.3, 0.4) is 0 Å². The number of aromatic nitrogens is 2. The molecule has 0 aliphatic carbocycles. The number of thiophene rings is 1. The van der Waals surface area contributed by atoms with Gasteiger partial charge in [-0.05, 0) is 63.1 Å². The van der Waals surface area contributed by atoms with Crippen LogP contribution in [0.25, 0.3) is 75.2 Å². The summed E-state index contributed by atoms with van der Waals surface area (Å²) in [6.45, 7) is 0. The first-order valence-electron chi connectivity index (χ1n) is 31.2. The number of rotatable bonds is 6. The molecular formula is C54H36N2SSi. The summed E-state index contributed by atoms with van der Waals surface area (Å²) in [5.41, 5.74) is -0.621. The number of hydrogen-bond donors (Lipinski definition) is 0. The van der Waals surface area contributed by atoms with Gasteiger partial charge in [0.15, 0.2) is 8.07 Å². The largest absolute Gasteiger partial charge is 0.309 e. The molecule has 0 fully saturated rings. The minimum absolute atomic E-state index is 0.132. The van der Waals surface area contributed by atoms with Crippen LogP contribution in [0.4, 0.5) is 0 Å². The standard InChI is InChI=1S/C54H36N2SSi/c1-4-20-38(21-5-1)58(39-22-6-2-7-23-39,40-24-8-3-9-25-40)41-26-18-19-37(35-41)55-47-31-14-12-29-44(47)46-36-50(54-52(53(46)55)45-30-13-17-34-51(45)57-54)56-48-32-15-10-27-42(48)43-28-11-16-33-49(43)56/h1-36H/i1D,2D,3D,4D,5D,6D,7D,8D,9D,10D,11D,15D,16D,18D,19D,20D,21D,22D,23D,24D,25D,26D,27D,28D,32D,33D,35D. The maximum absolute atomic E-state index is 10.7. The summed E-state index contributed by atoms with van der Waals surface area (Å²) in [5.74, 6) is 0. The second-order valence-corrected chi connectivity index (χ2v) is 17.8. The molecule has 3 heterocycles. The first kappa shape index (κ1) is 16.1. The summed E-state index contributed by atoms with van der Waals surface area (Å²) in [6.07, 6.45) is 0. The Kier molecular flexibility index (Phi) is 3.62. The molecule has 0 radical (unpaired) electrons. The van der Waals surface area contributed by atoms with Crippen LogP contribution in [-0.2, 0) is 0 Å². The minimum Gasteiger partial charge on any atom is -0.309 e. The van der Waals surface area contributed by atoms with Crippen molar-refractivity contribution in [1.82, 2.24) is 9.13 Å². The highest BCUT2D eigenvalue weighted by Crippen LogP contribution is 2.47. The van der Waals surface area contributed by atoms with Crippen molar-refractivity contribution in [2.75, 3.05) is 0 Å². The molecule has 0 unspecified atom stereocenters. The van der Waals surface area contributed by atoms with Crippen LogP contribution < -0.4 is 20.7 Å². The highest BCUT2D eigenvalue weighted by atomic mass is 32.1. The van der Waals surface area contributed by atoms with Gasteiger partial charge in [-0.2, -0.15) is 0 Å². The second kappa shape index (κ2) is 13.0. The number of nitrogens with zero attached hydrogens (tertiary/aromatic N) is 2. The van der Waals surface area contributed by atoms with Crippen molar-refractivity contribution >= 4 is 104 Å². The van der Waals surface area contributed by atoms with Crippen molar-refractivity contribution in [2.24, 2.45) is 0 Å². The van der Waals surface area contributed by atoms with E-state index in [2.05, 4.69) is 0 Å². The van der Waals surface area contributed by atoms with E-state index < -0.39 is 198 Å². The first-order chi connectivity index (χ1) is 40.0. The van der Waals surface area contributed by atoms with E-state index in [0.29, 0.717) is 20.2 Å². The van der Waals surface area contributed by atoms with Gasteiger partial charge in [0.25, 0.3) is 0 Å². The predicted molar refractivity (Wildman–Crippen MR) is 252 cm³/mol. The molecule has 4 heteroatoms. The van der Waals surface area contributed by atoms with Crippen LogP contribution in [0.2, 0.25) is 0 Å². The van der Waals surface area contributed by atoms with Gasteiger partial charge in [0.1, 0.15) is 0 Å². The molecule has 12 rings (SSSR count). The zero-order valence-electron chi connectivity index (χ0n) is 56.5. The lowest BCUT2D eigenvalue weighted by Crippen LogP contribution is -2.74. The van der Waals surface area contributed by atoms with Gasteiger partial charge in [-0.3, -0.25) is 0 Å². The van der Waals surface area contributed by atoms with Crippen molar-refractivity contribution in [1.29, 1.82) is 0 Å². The average Bonchev–Trinajstić information content (AvgIpc) is 1.84. The summed E-state index contributed by atoms with van der Waals surface area (Å²) in [6, 6.07) is -10.9. The molecule has 0 aliphatic rings. The SMILES string of the molecule is [2H]c1c([2H])c([2H])c([Si](c2c([2H])c([2H])c([2H])c([2H])c2[2H])(c2c([2H])c([2H])c([2H])c([2H])c2[2H])c2c([2H])c([2H])c([2H])c(-n3c4ccccc4c4cc(-n5c6c([2H])c([2H])c([2H])c([2H])c6c6c([2H])c([2H])c([2H])c([2H])c65)c5sc6ccccc6c5c43)c2[2H])c([2H])c1[2H]. The van der Waals surface area contributed by atoms with Gasteiger partial charge in [-0.25, -0.2) is 0 Å². The molecule has 58 heavy (non-hydrogen) atoms. The third kappa shape index (κ3) is 4.70. The molecule has 12 aromatic rings. The van der Waals surface area contributed by atoms with E-state index in [9.17, 15) is 16.4 Å². The number of para-hydroxylation sites is 3. The number of benzene rings is 9. The molecular weight excluding hydrogens is 737 g/mol. The van der Waals surface area contributed by atoms with Crippen molar-refractivity contribution in [3.05, 3.63) is 218 Å². The van der Waals surface area contributed by atoms with Crippen LogP contribution in [0.15, 0.2) is 218 Å². The zero-order valence-corrected chi connectivity index (χ0v) is 31.3. The Bertz CT molecular complexity index is 4790. The smallest absolute Gasteiger partial charge is 0.179 e. The Hall–Kier alpha value is -6.98. The molecule has 2 nitrogen and oxygen atoms in total. The van der Waals surface area contributed by atoms with Gasteiger partial charge in [-0.1, -0.05) is 175 Å². The average molecular weight is 800 g/mol. The Morgan fingerprint density at radius 1 is 0.431 bits per heavy atom. The maximum atomic E-state index is 10.7. The lowest BCUT2D eigenvalue weighted by molar-refractivity contribution is 1.18. The van der Waals surface area contributed by atoms with Crippen molar-refractivity contribution < 1.29 is 37.0 Å². The molecule has 0 amide bonds. The Labute approximate surface area is 379 Å². The lowest BCUT2D eigenvalue weighted by atomic mass is 10.1. The fraction of sp³-hybridized carbons (Fsp3) is 0. The molecule has 9 aromatic carbocycles. The fourth-order valence-corrected chi connectivity index (χ4v) is 12.8. The monoisotopic (exact) mass is 799 g/mol. The van der Waals surface area contributed by atoms with E-state index in [1.54, 1.807) is 54.6 Å². The summed E-state index contributed by atoms with van der Waals surface area (Å²) in [4.78, 5) is 0. The molecule has 0 spiro atoms. The van der Waals surface area contributed by atoms with Gasteiger partial charge in [-0.15, -0.1) is 11.3 Å². The molecule has 0 N–H and O–H groups in total. The molecule has 0 bridgehead atoms. The summed E-state index contributed by atoms with van der Waals surface area (Å²) >= 11 is 1.15. The maximum Gasteiger partial charge on any atom is 0.179 e. The third-order valence-corrected chi connectivity index (χ3v) is 15.6. The molecule has 0 aliphatic heterocycles. The Morgan fingerprint density at radius 3 is 1.60 bits per heavy atom. The van der Waals surface area contributed by atoms with Crippen LogP contribution in [0, 0.1) is 0 Å². The summed E-state index contributed by atoms with van der Waals surface area (Å²) in [5, 5.41) is -3.11. The van der Waals surface area contributed by atoms with E-state index in [1.165, 1.54) is 9.13 Å². The topological polar surface area (TPSA) is 9.86 Å². The Morgan fingerprint density at radius 2 is 0.966 bits per heavy atom. The van der Waals surface area contributed by atoms with E-state index in [0.717, 1.165) is 11.3 Å². The van der Waals surface area contributed by atoms with Gasteiger partial charge in [0.05, 0.1) is 69.5 Å². The fourth-order valence-electron chi connectivity index (χ4n) is 8.08.